The highest BCUT2D eigenvalue weighted by atomic mass is 35.5. The van der Waals surface area contributed by atoms with Gasteiger partial charge >= 0.3 is 0 Å². The molecule has 0 aliphatic carbocycles. The van der Waals surface area contributed by atoms with Crippen molar-refractivity contribution in [1.29, 1.82) is 0 Å². The molecule has 0 bridgehead atoms. The zero-order valence-corrected chi connectivity index (χ0v) is 12.2. The lowest BCUT2D eigenvalue weighted by molar-refractivity contribution is 0.534. The standard InChI is InChI=1S/C11H16ClN5S/c1-4-13-9(10-6-18-16-14-10)5-8-7(2)15-17(3)11(8)12/h6,9,13H,4-5H2,1-3H3. The molecule has 0 aromatic carbocycles. The van der Waals surface area contributed by atoms with Crippen LogP contribution in [0.3, 0.4) is 0 Å². The molecule has 18 heavy (non-hydrogen) atoms. The van der Waals surface area contributed by atoms with Crippen LogP contribution in [0, 0.1) is 6.92 Å². The van der Waals surface area contributed by atoms with Crippen LogP contribution in [0.15, 0.2) is 5.38 Å². The Hall–Kier alpha value is -0.980. The highest BCUT2D eigenvalue weighted by Crippen LogP contribution is 2.25. The maximum atomic E-state index is 6.26. The minimum Gasteiger partial charge on any atom is -0.309 e. The third-order valence-electron chi connectivity index (χ3n) is 2.86. The molecule has 7 heteroatoms. The molecule has 0 aliphatic rings. The maximum absolute atomic E-state index is 6.26. The Balaban J connectivity index is 2.24. The van der Waals surface area contributed by atoms with Gasteiger partial charge in [0, 0.05) is 18.0 Å². The second kappa shape index (κ2) is 5.77. The summed E-state index contributed by atoms with van der Waals surface area (Å²) in [6, 6.07) is 0.133. The van der Waals surface area contributed by atoms with Gasteiger partial charge in [-0.15, -0.1) is 5.10 Å². The molecule has 0 spiro atoms. The van der Waals surface area contributed by atoms with Crippen molar-refractivity contribution in [2.45, 2.75) is 26.3 Å². The van der Waals surface area contributed by atoms with Crippen molar-refractivity contribution < 1.29 is 0 Å². The first-order chi connectivity index (χ1) is 8.63. The normalized spacial score (nSPS) is 12.9. The van der Waals surface area contributed by atoms with E-state index in [1.54, 1.807) is 4.68 Å². The molecule has 5 nitrogen and oxygen atoms in total. The predicted octanol–water partition coefficient (Wildman–Crippen LogP) is 2.13. The van der Waals surface area contributed by atoms with E-state index in [4.69, 9.17) is 11.6 Å². The summed E-state index contributed by atoms with van der Waals surface area (Å²) >= 11 is 7.62. The lowest BCUT2D eigenvalue weighted by Gasteiger charge is -2.15. The Morgan fingerprint density at radius 2 is 2.33 bits per heavy atom. The van der Waals surface area contributed by atoms with E-state index in [2.05, 4.69) is 26.9 Å². The van der Waals surface area contributed by atoms with E-state index in [1.165, 1.54) is 11.5 Å². The molecule has 0 aliphatic heterocycles. The number of rotatable bonds is 5. The predicted molar refractivity (Wildman–Crippen MR) is 73.0 cm³/mol. The molecule has 2 aromatic rings. The Labute approximate surface area is 115 Å². The molecule has 98 valence electrons. The molecular weight excluding hydrogens is 270 g/mol. The van der Waals surface area contributed by atoms with Crippen LogP contribution >= 0.6 is 23.1 Å². The fraction of sp³-hybridized carbons (Fsp3) is 0.545. The number of aromatic nitrogens is 4. The van der Waals surface area contributed by atoms with Crippen LogP contribution < -0.4 is 5.32 Å². The van der Waals surface area contributed by atoms with Gasteiger partial charge in [0.25, 0.3) is 0 Å². The minimum absolute atomic E-state index is 0.133. The van der Waals surface area contributed by atoms with Gasteiger partial charge in [0.2, 0.25) is 0 Å². The Kier molecular flexibility index (Phi) is 4.31. The van der Waals surface area contributed by atoms with Gasteiger partial charge in [-0.05, 0) is 31.4 Å². The summed E-state index contributed by atoms with van der Waals surface area (Å²) in [4.78, 5) is 0. The van der Waals surface area contributed by atoms with Crippen molar-refractivity contribution in [1.82, 2.24) is 24.7 Å². The topological polar surface area (TPSA) is 55.6 Å². The summed E-state index contributed by atoms with van der Waals surface area (Å²) in [5, 5.41) is 14.5. The third kappa shape index (κ3) is 2.71. The van der Waals surface area contributed by atoms with Crippen molar-refractivity contribution >= 4 is 23.1 Å². The number of nitrogens with one attached hydrogen (secondary N) is 1. The average Bonchev–Trinajstić information content (AvgIpc) is 2.93. The number of nitrogens with zero attached hydrogens (tertiary/aromatic N) is 4. The van der Waals surface area contributed by atoms with E-state index in [0.29, 0.717) is 5.15 Å². The number of hydrogen-bond donors (Lipinski definition) is 1. The van der Waals surface area contributed by atoms with Gasteiger partial charge < -0.3 is 5.32 Å². The molecule has 0 saturated heterocycles. The molecule has 2 heterocycles. The highest BCUT2D eigenvalue weighted by Gasteiger charge is 2.19. The number of halogens is 1. The van der Waals surface area contributed by atoms with Crippen molar-refractivity contribution in [2.75, 3.05) is 6.54 Å². The van der Waals surface area contributed by atoms with E-state index in [9.17, 15) is 0 Å². The van der Waals surface area contributed by atoms with Crippen molar-refractivity contribution in [3.8, 4) is 0 Å². The number of aryl methyl sites for hydroxylation is 2. The van der Waals surface area contributed by atoms with E-state index in [0.717, 1.165) is 29.9 Å². The van der Waals surface area contributed by atoms with E-state index >= 15 is 0 Å². The van der Waals surface area contributed by atoms with Gasteiger partial charge in [0.05, 0.1) is 17.4 Å². The van der Waals surface area contributed by atoms with Crippen molar-refractivity contribution in [3.05, 3.63) is 27.5 Å². The minimum atomic E-state index is 0.133. The Morgan fingerprint density at radius 3 is 2.83 bits per heavy atom. The van der Waals surface area contributed by atoms with Crippen LogP contribution in [-0.2, 0) is 13.5 Å². The van der Waals surface area contributed by atoms with Crippen molar-refractivity contribution in [3.63, 3.8) is 0 Å². The largest absolute Gasteiger partial charge is 0.309 e. The van der Waals surface area contributed by atoms with Gasteiger partial charge in [0.1, 0.15) is 5.15 Å². The summed E-state index contributed by atoms with van der Waals surface area (Å²) in [7, 11) is 1.85. The van der Waals surface area contributed by atoms with Crippen molar-refractivity contribution in [2.24, 2.45) is 7.05 Å². The van der Waals surface area contributed by atoms with E-state index in [-0.39, 0.29) is 6.04 Å². The second-order valence-electron chi connectivity index (χ2n) is 4.12. The van der Waals surface area contributed by atoms with Gasteiger partial charge in [-0.2, -0.15) is 5.10 Å². The van der Waals surface area contributed by atoms with Crippen LogP contribution in [-0.4, -0.2) is 25.9 Å². The van der Waals surface area contributed by atoms with Crippen LogP contribution in [0.2, 0.25) is 5.15 Å². The van der Waals surface area contributed by atoms with Crippen LogP contribution in [0.5, 0.6) is 0 Å². The zero-order chi connectivity index (χ0) is 13.1. The summed E-state index contributed by atoms with van der Waals surface area (Å²) in [5.41, 5.74) is 2.99. The fourth-order valence-corrected chi connectivity index (χ4v) is 2.72. The monoisotopic (exact) mass is 285 g/mol. The first-order valence-electron chi connectivity index (χ1n) is 5.81. The first kappa shape index (κ1) is 13.5. The highest BCUT2D eigenvalue weighted by molar-refractivity contribution is 7.03. The Morgan fingerprint density at radius 1 is 1.56 bits per heavy atom. The summed E-state index contributed by atoms with van der Waals surface area (Å²) < 4.78 is 5.62. The molecule has 0 radical (unpaired) electrons. The molecular formula is C11H16ClN5S. The smallest absolute Gasteiger partial charge is 0.130 e. The second-order valence-corrected chi connectivity index (χ2v) is 5.09. The first-order valence-corrected chi connectivity index (χ1v) is 7.03. The summed E-state index contributed by atoms with van der Waals surface area (Å²) in [6.45, 7) is 4.92. The molecule has 2 rings (SSSR count). The SMILES string of the molecule is CCNC(Cc1c(C)nn(C)c1Cl)c1csnn1. The van der Waals surface area contributed by atoms with Crippen LogP contribution in [0.4, 0.5) is 0 Å². The fourth-order valence-electron chi connectivity index (χ4n) is 1.96. The number of likely N-dealkylation sites (N-methyl/N-ethyl adjacent to an activating group) is 1. The molecule has 0 fully saturated rings. The van der Waals surface area contributed by atoms with Gasteiger partial charge in [-0.1, -0.05) is 23.0 Å². The lowest BCUT2D eigenvalue weighted by atomic mass is 10.0. The molecule has 1 N–H and O–H groups in total. The lowest BCUT2D eigenvalue weighted by Crippen LogP contribution is -2.23. The Bertz CT molecular complexity index is 508. The van der Waals surface area contributed by atoms with E-state index in [1.807, 2.05) is 19.4 Å². The summed E-state index contributed by atoms with van der Waals surface area (Å²) in [5.74, 6) is 0. The third-order valence-corrected chi connectivity index (χ3v) is 3.86. The molecule has 1 atom stereocenters. The van der Waals surface area contributed by atoms with Gasteiger partial charge in [0.15, 0.2) is 0 Å². The number of hydrogen-bond acceptors (Lipinski definition) is 5. The van der Waals surface area contributed by atoms with Gasteiger partial charge in [-0.3, -0.25) is 4.68 Å². The van der Waals surface area contributed by atoms with Crippen LogP contribution in [0.1, 0.15) is 29.9 Å². The van der Waals surface area contributed by atoms with Gasteiger partial charge in [-0.25, -0.2) is 0 Å². The maximum Gasteiger partial charge on any atom is 0.130 e. The quantitative estimate of drug-likeness (QED) is 0.914. The van der Waals surface area contributed by atoms with Crippen LogP contribution in [0.25, 0.3) is 0 Å². The molecule has 1 unspecified atom stereocenters. The zero-order valence-electron chi connectivity index (χ0n) is 10.6. The molecule has 0 amide bonds. The molecule has 0 saturated carbocycles. The average molecular weight is 286 g/mol. The molecule has 2 aromatic heterocycles. The summed E-state index contributed by atoms with van der Waals surface area (Å²) in [6.07, 6.45) is 0.776. The van der Waals surface area contributed by atoms with E-state index < -0.39 is 0 Å².